The van der Waals surface area contributed by atoms with Crippen molar-refractivity contribution in [1.82, 2.24) is 19.8 Å². The summed E-state index contributed by atoms with van der Waals surface area (Å²) in [5, 5.41) is 4.46. The minimum atomic E-state index is 0.260. The van der Waals surface area contributed by atoms with Crippen molar-refractivity contribution in [3.8, 4) is 0 Å². The average Bonchev–Trinajstić information content (AvgIpc) is 2.80. The second-order valence-electron chi connectivity index (χ2n) is 8.51. The van der Waals surface area contributed by atoms with Crippen molar-refractivity contribution in [1.29, 1.82) is 0 Å². The lowest BCUT2D eigenvalue weighted by Crippen LogP contribution is -2.50. The number of carbonyl (C=O) groups excluding carboxylic acids is 1. The molecule has 2 aliphatic rings. The van der Waals surface area contributed by atoms with E-state index in [1.54, 1.807) is 0 Å². The van der Waals surface area contributed by atoms with Crippen LogP contribution < -0.4 is 11.1 Å². The molecule has 2 aromatic rings. The summed E-state index contributed by atoms with van der Waals surface area (Å²) in [5.74, 6) is 2.35. The first-order chi connectivity index (χ1) is 14.7. The molecule has 0 spiro atoms. The number of nitrogens with zero attached hydrogens (tertiary/aromatic N) is 4. The van der Waals surface area contributed by atoms with E-state index < -0.39 is 0 Å². The van der Waals surface area contributed by atoms with Crippen LogP contribution in [0.2, 0.25) is 0 Å². The highest BCUT2D eigenvalue weighted by Crippen LogP contribution is 2.26. The number of fused-ring (bicyclic) bond motifs is 1. The molecule has 1 aliphatic heterocycles. The smallest absolute Gasteiger partial charge is 0.225 e. The van der Waals surface area contributed by atoms with E-state index in [1.165, 1.54) is 19.3 Å². The van der Waals surface area contributed by atoms with Crippen LogP contribution in [-0.2, 0) is 11.3 Å². The fourth-order valence-corrected chi connectivity index (χ4v) is 4.57. The maximum Gasteiger partial charge on any atom is 0.225 e. The zero-order chi connectivity index (χ0) is 20.8. The van der Waals surface area contributed by atoms with Crippen molar-refractivity contribution >= 4 is 22.6 Å². The Labute approximate surface area is 179 Å². The molecule has 3 N–H and O–H groups in total. The number of anilines is 1. The summed E-state index contributed by atoms with van der Waals surface area (Å²) in [6.45, 7) is 5.55. The fourth-order valence-electron chi connectivity index (χ4n) is 4.57. The molecule has 2 fully saturated rings. The molecule has 1 amide bonds. The molecule has 4 rings (SSSR count). The molecule has 1 aromatic heterocycles. The van der Waals surface area contributed by atoms with Crippen molar-refractivity contribution in [3.63, 3.8) is 0 Å². The molecule has 1 saturated heterocycles. The van der Waals surface area contributed by atoms with E-state index in [0.717, 1.165) is 74.5 Å². The normalized spacial score (nSPS) is 18.6. The van der Waals surface area contributed by atoms with E-state index in [4.69, 9.17) is 15.7 Å². The maximum atomic E-state index is 12.8. The van der Waals surface area contributed by atoms with Gasteiger partial charge in [0.1, 0.15) is 11.6 Å². The van der Waals surface area contributed by atoms with Gasteiger partial charge in [-0.2, -0.15) is 0 Å². The van der Waals surface area contributed by atoms with Gasteiger partial charge in [-0.05, 0) is 37.9 Å². The van der Waals surface area contributed by atoms with Crippen LogP contribution in [-0.4, -0.2) is 64.9 Å². The van der Waals surface area contributed by atoms with E-state index >= 15 is 0 Å². The molecular formula is C23H34N6O. The number of rotatable bonds is 7. The van der Waals surface area contributed by atoms with Gasteiger partial charge in [-0.1, -0.05) is 31.4 Å². The van der Waals surface area contributed by atoms with Crippen LogP contribution in [0.3, 0.4) is 0 Å². The lowest BCUT2D eigenvalue weighted by atomic mass is 9.88. The molecule has 7 heteroatoms. The van der Waals surface area contributed by atoms with E-state index in [2.05, 4.69) is 21.2 Å². The van der Waals surface area contributed by atoms with Crippen LogP contribution in [0.1, 0.15) is 44.3 Å². The van der Waals surface area contributed by atoms with Gasteiger partial charge in [0.25, 0.3) is 0 Å². The molecule has 0 bridgehead atoms. The van der Waals surface area contributed by atoms with Crippen LogP contribution in [0.15, 0.2) is 24.3 Å². The van der Waals surface area contributed by atoms with Crippen molar-refractivity contribution in [3.05, 3.63) is 30.1 Å². The van der Waals surface area contributed by atoms with E-state index in [9.17, 15) is 4.79 Å². The molecule has 1 saturated carbocycles. The van der Waals surface area contributed by atoms with Gasteiger partial charge in [0, 0.05) is 44.0 Å². The molecule has 0 radical (unpaired) electrons. The van der Waals surface area contributed by atoms with Crippen LogP contribution in [0, 0.1) is 5.92 Å². The van der Waals surface area contributed by atoms with Gasteiger partial charge in [-0.25, -0.2) is 9.97 Å². The summed E-state index contributed by atoms with van der Waals surface area (Å²) in [7, 11) is 0. The number of nitrogens with two attached hydrogens (primary N) is 1. The number of amides is 1. The molecule has 30 heavy (non-hydrogen) atoms. The van der Waals surface area contributed by atoms with Gasteiger partial charge in [0.15, 0.2) is 0 Å². The maximum absolute atomic E-state index is 12.8. The second kappa shape index (κ2) is 10.2. The van der Waals surface area contributed by atoms with E-state index in [-0.39, 0.29) is 5.92 Å². The van der Waals surface area contributed by atoms with Crippen LogP contribution in [0.25, 0.3) is 10.9 Å². The number of aromatic nitrogens is 2. The third-order valence-corrected chi connectivity index (χ3v) is 6.33. The third kappa shape index (κ3) is 5.08. The van der Waals surface area contributed by atoms with Gasteiger partial charge in [0.05, 0.1) is 12.1 Å². The Kier molecular flexibility index (Phi) is 7.12. The van der Waals surface area contributed by atoms with Crippen LogP contribution in [0.5, 0.6) is 0 Å². The Bertz CT molecular complexity index is 843. The van der Waals surface area contributed by atoms with Crippen LogP contribution >= 0.6 is 0 Å². The Morgan fingerprint density at radius 3 is 2.60 bits per heavy atom. The van der Waals surface area contributed by atoms with Crippen LogP contribution in [0.4, 0.5) is 5.82 Å². The highest BCUT2D eigenvalue weighted by molar-refractivity contribution is 5.89. The minimum absolute atomic E-state index is 0.260. The molecule has 1 aromatic carbocycles. The Balaban J connectivity index is 1.38. The number of hydrogen-bond acceptors (Lipinski definition) is 6. The van der Waals surface area contributed by atoms with Crippen molar-refractivity contribution in [2.75, 3.05) is 44.6 Å². The largest absolute Gasteiger partial charge is 0.369 e. The van der Waals surface area contributed by atoms with Crippen molar-refractivity contribution < 1.29 is 4.79 Å². The molecule has 7 nitrogen and oxygen atoms in total. The molecular weight excluding hydrogens is 376 g/mol. The minimum Gasteiger partial charge on any atom is -0.369 e. The number of para-hydroxylation sites is 1. The first-order valence-electron chi connectivity index (χ1n) is 11.5. The topological polar surface area (TPSA) is 87.4 Å². The molecule has 0 atom stereocenters. The summed E-state index contributed by atoms with van der Waals surface area (Å²) >= 11 is 0. The summed E-state index contributed by atoms with van der Waals surface area (Å²) in [6.07, 6.45) is 6.75. The third-order valence-electron chi connectivity index (χ3n) is 6.33. The van der Waals surface area contributed by atoms with Gasteiger partial charge in [-0.3, -0.25) is 9.69 Å². The summed E-state index contributed by atoms with van der Waals surface area (Å²) < 4.78 is 0. The van der Waals surface area contributed by atoms with Crippen molar-refractivity contribution in [2.24, 2.45) is 11.7 Å². The predicted molar refractivity (Wildman–Crippen MR) is 120 cm³/mol. The zero-order valence-electron chi connectivity index (χ0n) is 17.9. The van der Waals surface area contributed by atoms with E-state index in [0.29, 0.717) is 19.0 Å². The number of benzene rings is 1. The van der Waals surface area contributed by atoms with Crippen molar-refractivity contribution in [2.45, 2.75) is 45.1 Å². The molecule has 1 aliphatic carbocycles. The second-order valence-corrected chi connectivity index (χ2v) is 8.51. The number of hydrogen-bond donors (Lipinski definition) is 2. The molecule has 0 unspecified atom stereocenters. The summed E-state index contributed by atoms with van der Waals surface area (Å²) in [4.78, 5) is 26.8. The highest BCUT2D eigenvalue weighted by Gasteiger charge is 2.28. The average molecular weight is 411 g/mol. The first kappa shape index (κ1) is 21.0. The molecule has 162 valence electrons. The first-order valence-corrected chi connectivity index (χ1v) is 11.5. The standard InChI is InChI=1S/C23H34N6O/c24-11-6-12-25-22-19-9-4-5-10-20(19)26-21(27-22)17-28-13-15-29(16-14-28)23(30)18-7-2-1-3-8-18/h4-5,9-10,18H,1-3,6-8,11-17,24H2,(H,25,26,27). The fraction of sp³-hybridized carbons (Fsp3) is 0.609. The zero-order valence-corrected chi connectivity index (χ0v) is 17.9. The Hall–Kier alpha value is -2.25. The lowest BCUT2D eigenvalue weighted by molar-refractivity contribution is -0.138. The van der Waals surface area contributed by atoms with Gasteiger partial charge in [0.2, 0.25) is 5.91 Å². The Morgan fingerprint density at radius 2 is 1.83 bits per heavy atom. The van der Waals surface area contributed by atoms with Gasteiger partial charge in [-0.15, -0.1) is 0 Å². The Morgan fingerprint density at radius 1 is 1.07 bits per heavy atom. The lowest BCUT2D eigenvalue weighted by Gasteiger charge is -2.36. The SMILES string of the molecule is NCCCNc1nc(CN2CCN(C(=O)C3CCCCC3)CC2)nc2ccccc12. The van der Waals surface area contributed by atoms with Gasteiger partial charge >= 0.3 is 0 Å². The highest BCUT2D eigenvalue weighted by atomic mass is 16.2. The predicted octanol–water partition coefficient (Wildman–Crippen LogP) is 2.62. The van der Waals surface area contributed by atoms with E-state index in [1.807, 2.05) is 18.2 Å². The number of piperazine rings is 1. The summed E-state index contributed by atoms with van der Waals surface area (Å²) in [5.41, 5.74) is 6.59. The summed E-state index contributed by atoms with van der Waals surface area (Å²) in [6, 6.07) is 8.12. The monoisotopic (exact) mass is 410 g/mol. The number of carbonyl (C=O) groups is 1. The quantitative estimate of drug-likeness (QED) is 0.683. The van der Waals surface area contributed by atoms with Gasteiger partial charge < -0.3 is 16.0 Å². The molecule has 2 heterocycles. The number of nitrogens with one attached hydrogen (secondary N) is 1.